The molecule has 1 heterocycles. The lowest BCUT2D eigenvalue weighted by Crippen LogP contribution is -2.18. The number of carbonyl (C=O) groups is 1. The number of halogens is 1. The number of aromatic amines is 1. The molecule has 0 radical (unpaired) electrons. The van der Waals surface area contributed by atoms with Crippen molar-refractivity contribution < 1.29 is 13.9 Å². The van der Waals surface area contributed by atoms with E-state index in [-0.39, 0.29) is 18.5 Å². The van der Waals surface area contributed by atoms with Gasteiger partial charge in [0, 0.05) is 11.8 Å². The predicted octanol–water partition coefficient (Wildman–Crippen LogP) is 0.739. The van der Waals surface area contributed by atoms with Crippen molar-refractivity contribution in [2.45, 2.75) is 13.3 Å². The molecule has 0 aliphatic heterocycles. The van der Waals surface area contributed by atoms with Gasteiger partial charge in [-0.1, -0.05) is 0 Å². The Morgan fingerprint density at radius 2 is 2.43 bits per heavy atom. The first kappa shape index (κ1) is 10.4. The molecule has 0 amide bonds. The molecule has 1 aromatic heterocycles. The van der Waals surface area contributed by atoms with Crippen LogP contribution < -0.4 is 5.49 Å². The zero-order valence-corrected chi connectivity index (χ0v) is 7.76. The monoisotopic (exact) mass is 198 g/mol. The molecule has 0 atom stereocenters. The largest absolute Gasteiger partial charge is 0.466 e. The number of carbonyl (C=O) groups excluding carboxylic acids is 1. The van der Waals surface area contributed by atoms with Crippen molar-refractivity contribution in [1.29, 1.82) is 5.41 Å². The van der Waals surface area contributed by atoms with Crippen LogP contribution in [0.15, 0.2) is 12.3 Å². The number of esters is 1. The molecule has 2 N–H and O–H groups in total. The number of nitrogens with one attached hydrogen (secondary N) is 2. The van der Waals surface area contributed by atoms with Crippen molar-refractivity contribution in [1.82, 2.24) is 4.98 Å². The molecule has 14 heavy (non-hydrogen) atoms. The second-order valence-corrected chi connectivity index (χ2v) is 2.70. The number of H-pyrrole nitrogens is 1. The lowest BCUT2D eigenvalue weighted by Gasteiger charge is -2.01. The summed E-state index contributed by atoms with van der Waals surface area (Å²) >= 11 is 0. The van der Waals surface area contributed by atoms with Crippen LogP contribution in [0.4, 0.5) is 4.39 Å². The summed E-state index contributed by atoms with van der Waals surface area (Å²) in [5.74, 6) is -0.958. The lowest BCUT2D eigenvalue weighted by atomic mass is 10.2. The standard InChI is InChI=1S/C9H11FN2O2/c1-2-14-8(13)4-6-3-7(10)5-12-9(6)11/h3,5H,2,4H2,1H3,(H2,11,12). The summed E-state index contributed by atoms with van der Waals surface area (Å²) in [4.78, 5) is 13.4. The summed E-state index contributed by atoms with van der Waals surface area (Å²) < 4.78 is 17.4. The topological polar surface area (TPSA) is 65.9 Å². The highest BCUT2D eigenvalue weighted by molar-refractivity contribution is 5.72. The Bertz CT molecular complexity index is 387. The molecule has 4 nitrogen and oxygen atoms in total. The normalized spacial score (nSPS) is 9.86. The first-order chi connectivity index (χ1) is 6.63. The maximum atomic E-state index is 12.7. The molecule has 0 bridgehead atoms. The molecule has 0 spiro atoms. The summed E-state index contributed by atoms with van der Waals surface area (Å²) in [6, 6.07) is 1.15. The first-order valence-electron chi connectivity index (χ1n) is 4.20. The van der Waals surface area contributed by atoms with Gasteiger partial charge in [0.15, 0.2) is 0 Å². The van der Waals surface area contributed by atoms with Crippen LogP contribution in [0.3, 0.4) is 0 Å². The fourth-order valence-electron chi connectivity index (χ4n) is 1.02. The average Bonchev–Trinajstić information content (AvgIpc) is 2.12. The Kier molecular flexibility index (Phi) is 3.39. The predicted molar refractivity (Wildman–Crippen MR) is 46.9 cm³/mol. The molecule has 0 aromatic carbocycles. The number of aromatic nitrogens is 1. The number of rotatable bonds is 3. The summed E-state index contributed by atoms with van der Waals surface area (Å²) in [5, 5.41) is 7.36. The van der Waals surface area contributed by atoms with Gasteiger partial charge in [-0.3, -0.25) is 10.2 Å². The maximum Gasteiger partial charge on any atom is 0.310 e. The maximum absolute atomic E-state index is 12.7. The molecule has 5 heteroatoms. The molecule has 1 aromatic rings. The molecule has 0 saturated heterocycles. The van der Waals surface area contributed by atoms with Gasteiger partial charge in [0.25, 0.3) is 0 Å². The van der Waals surface area contributed by atoms with E-state index in [4.69, 9.17) is 5.41 Å². The minimum absolute atomic E-state index is 0.0273. The minimum Gasteiger partial charge on any atom is -0.466 e. The van der Waals surface area contributed by atoms with E-state index in [1.54, 1.807) is 6.92 Å². The van der Waals surface area contributed by atoms with Crippen LogP contribution in [-0.2, 0) is 16.0 Å². The van der Waals surface area contributed by atoms with Gasteiger partial charge in [-0.05, 0) is 13.0 Å². The van der Waals surface area contributed by atoms with Gasteiger partial charge in [0.05, 0.1) is 13.0 Å². The third-order valence-corrected chi connectivity index (χ3v) is 1.63. The Balaban J connectivity index is 2.81. The second kappa shape index (κ2) is 4.55. The van der Waals surface area contributed by atoms with E-state index in [1.165, 1.54) is 0 Å². The summed E-state index contributed by atoms with van der Waals surface area (Å²) in [5.41, 5.74) is 0.322. The van der Waals surface area contributed by atoms with E-state index >= 15 is 0 Å². The number of hydrogen-bond acceptors (Lipinski definition) is 3. The minimum atomic E-state index is -0.500. The quantitative estimate of drug-likeness (QED) is 0.703. The van der Waals surface area contributed by atoms with Crippen LogP contribution in [0.1, 0.15) is 12.5 Å². The van der Waals surface area contributed by atoms with Gasteiger partial charge in [0.1, 0.15) is 11.3 Å². The highest BCUT2D eigenvalue weighted by atomic mass is 19.1. The Hall–Kier alpha value is -1.65. The number of hydrogen-bond donors (Lipinski definition) is 2. The first-order valence-corrected chi connectivity index (χ1v) is 4.20. The number of pyridine rings is 1. The Labute approximate surface area is 80.2 Å². The van der Waals surface area contributed by atoms with Crippen LogP contribution in [-0.4, -0.2) is 17.6 Å². The average molecular weight is 198 g/mol. The van der Waals surface area contributed by atoms with Crippen LogP contribution in [0, 0.1) is 11.2 Å². The van der Waals surface area contributed by atoms with Crippen LogP contribution in [0.5, 0.6) is 0 Å². The molecule has 0 saturated carbocycles. The molecule has 1 rings (SSSR count). The van der Waals surface area contributed by atoms with Crippen molar-refractivity contribution in [3.05, 3.63) is 29.1 Å². The molecule has 0 fully saturated rings. The van der Waals surface area contributed by atoms with E-state index in [0.29, 0.717) is 5.56 Å². The van der Waals surface area contributed by atoms with E-state index < -0.39 is 11.8 Å². The second-order valence-electron chi connectivity index (χ2n) is 2.70. The van der Waals surface area contributed by atoms with Gasteiger partial charge >= 0.3 is 5.97 Å². The van der Waals surface area contributed by atoms with Gasteiger partial charge in [-0.2, -0.15) is 0 Å². The molecular weight excluding hydrogens is 187 g/mol. The fourth-order valence-corrected chi connectivity index (χ4v) is 1.02. The van der Waals surface area contributed by atoms with E-state index in [2.05, 4.69) is 9.72 Å². The Morgan fingerprint density at radius 3 is 3.07 bits per heavy atom. The number of ether oxygens (including phenoxy) is 1. The SMILES string of the molecule is CCOC(=O)Cc1cc(F)c[nH]c1=N. The highest BCUT2D eigenvalue weighted by Crippen LogP contribution is 1.98. The van der Waals surface area contributed by atoms with Crippen LogP contribution in [0.25, 0.3) is 0 Å². The van der Waals surface area contributed by atoms with Crippen molar-refractivity contribution in [2.75, 3.05) is 6.61 Å². The zero-order chi connectivity index (χ0) is 10.6. The van der Waals surface area contributed by atoms with Crippen molar-refractivity contribution in [3.63, 3.8) is 0 Å². The van der Waals surface area contributed by atoms with Gasteiger partial charge in [-0.15, -0.1) is 0 Å². The van der Waals surface area contributed by atoms with Crippen molar-refractivity contribution >= 4 is 5.97 Å². The third-order valence-electron chi connectivity index (χ3n) is 1.63. The summed E-state index contributed by atoms with van der Waals surface area (Å²) in [6.45, 7) is 1.97. The summed E-state index contributed by atoms with van der Waals surface area (Å²) in [6.07, 6.45) is 0.984. The Morgan fingerprint density at radius 1 is 1.71 bits per heavy atom. The van der Waals surface area contributed by atoms with Gasteiger partial charge in [-0.25, -0.2) is 4.39 Å². The van der Waals surface area contributed by atoms with E-state index in [9.17, 15) is 9.18 Å². The lowest BCUT2D eigenvalue weighted by molar-refractivity contribution is -0.142. The summed E-state index contributed by atoms with van der Waals surface area (Å²) in [7, 11) is 0. The third kappa shape index (κ3) is 2.69. The molecular formula is C9H11FN2O2. The molecule has 0 aliphatic rings. The fraction of sp³-hybridized carbons (Fsp3) is 0.333. The molecule has 76 valence electrons. The van der Waals surface area contributed by atoms with E-state index in [0.717, 1.165) is 12.3 Å². The van der Waals surface area contributed by atoms with Crippen molar-refractivity contribution in [3.8, 4) is 0 Å². The molecule has 0 aliphatic carbocycles. The van der Waals surface area contributed by atoms with Crippen molar-refractivity contribution in [2.24, 2.45) is 0 Å². The zero-order valence-electron chi connectivity index (χ0n) is 7.76. The highest BCUT2D eigenvalue weighted by Gasteiger charge is 2.06. The van der Waals surface area contributed by atoms with Gasteiger partial charge in [0.2, 0.25) is 0 Å². The van der Waals surface area contributed by atoms with Gasteiger partial charge < -0.3 is 9.72 Å². The van der Waals surface area contributed by atoms with Crippen LogP contribution in [0.2, 0.25) is 0 Å². The smallest absolute Gasteiger partial charge is 0.310 e. The molecule has 0 unspecified atom stereocenters. The van der Waals surface area contributed by atoms with E-state index in [1.807, 2.05) is 0 Å². The van der Waals surface area contributed by atoms with Crippen LogP contribution >= 0.6 is 0 Å².